The topological polar surface area (TPSA) is 41.1 Å². The summed E-state index contributed by atoms with van der Waals surface area (Å²) in [5, 5.41) is 5.74. The van der Waals surface area contributed by atoms with Gasteiger partial charge in [0.2, 0.25) is 5.91 Å². The van der Waals surface area contributed by atoms with E-state index < -0.39 is 17.7 Å². The number of hydrogen-bond donors (Lipinski definition) is 2. The number of nitrogens with one attached hydrogen (secondary N) is 2. The highest BCUT2D eigenvalue weighted by Gasteiger charge is 2.14. The lowest BCUT2D eigenvalue weighted by molar-refractivity contribution is -0.115. The zero-order valence-electron chi connectivity index (χ0n) is 15.0. The van der Waals surface area contributed by atoms with E-state index in [1.165, 1.54) is 17.7 Å². The number of carbonyl (C=O) groups is 1. The highest BCUT2D eigenvalue weighted by Crippen LogP contribution is 2.23. The van der Waals surface area contributed by atoms with Crippen molar-refractivity contribution in [3.63, 3.8) is 0 Å². The minimum absolute atomic E-state index is 0.0268. The van der Waals surface area contributed by atoms with Gasteiger partial charge in [0.05, 0.1) is 6.54 Å². The Morgan fingerprint density at radius 3 is 2.28 bits per heavy atom. The highest BCUT2D eigenvalue weighted by molar-refractivity contribution is 5.92. The lowest BCUT2D eigenvalue weighted by Crippen LogP contribution is -2.30. The molecule has 134 valence electrons. The molecule has 0 aliphatic heterocycles. The van der Waals surface area contributed by atoms with Crippen molar-refractivity contribution in [1.29, 1.82) is 0 Å². The Balaban J connectivity index is 1.90. The molecule has 0 bridgehead atoms. The average Bonchev–Trinajstić information content (AvgIpc) is 2.52. The van der Waals surface area contributed by atoms with Crippen LogP contribution in [0.3, 0.4) is 0 Å². The van der Waals surface area contributed by atoms with Gasteiger partial charge in [-0.2, -0.15) is 0 Å². The molecule has 2 aromatic rings. The monoisotopic (exact) mass is 346 g/mol. The fourth-order valence-electron chi connectivity index (χ4n) is 2.47. The standard InChI is InChI=1S/C20H24F2N2O/c1-13(17-10-7-15(21)11-18(17)22)23-12-19(25)24-16-8-5-14(6-9-16)20(2,3)4/h5-11,13,23H,12H2,1-4H3,(H,24,25)/t13-/m1/s1. The van der Waals surface area contributed by atoms with E-state index in [1.807, 2.05) is 24.3 Å². The smallest absolute Gasteiger partial charge is 0.238 e. The molecular weight excluding hydrogens is 322 g/mol. The lowest BCUT2D eigenvalue weighted by atomic mass is 9.87. The average molecular weight is 346 g/mol. The third-order valence-electron chi connectivity index (χ3n) is 4.03. The van der Waals surface area contributed by atoms with Gasteiger partial charge in [-0.3, -0.25) is 4.79 Å². The molecule has 0 heterocycles. The summed E-state index contributed by atoms with van der Waals surface area (Å²) >= 11 is 0. The molecule has 0 aliphatic carbocycles. The number of amides is 1. The van der Waals surface area contributed by atoms with Crippen LogP contribution < -0.4 is 10.6 Å². The van der Waals surface area contributed by atoms with Crippen molar-refractivity contribution in [3.05, 3.63) is 65.2 Å². The molecule has 2 N–H and O–H groups in total. The van der Waals surface area contributed by atoms with Crippen LogP contribution in [0.15, 0.2) is 42.5 Å². The molecule has 5 heteroatoms. The van der Waals surface area contributed by atoms with E-state index in [2.05, 4.69) is 31.4 Å². The molecule has 0 radical (unpaired) electrons. The Morgan fingerprint density at radius 2 is 1.72 bits per heavy atom. The second-order valence-electron chi connectivity index (χ2n) is 7.14. The zero-order valence-corrected chi connectivity index (χ0v) is 15.0. The Morgan fingerprint density at radius 1 is 1.08 bits per heavy atom. The van der Waals surface area contributed by atoms with E-state index in [-0.39, 0.29) is 17.9 Å². The van der Waals surface area contributed by atoms with Crippen LogP contribution in [0, 0.1) is 11.6 Å². The Kier molecular flexibility index (Phi) is 5.90. The molecule has 0 aliphatic rings. The van der Waals surface area contributed by atoms with Crippen molar-refractivity contribution in [2.75, 3.05) is 11.9 Å². The van der Waals surface area contributed by atoms with Crippen LogP contribution in [0.5, 0.6) is 0 Å². The number of rotatable bonds is 5. The van der Waals surface area contributed by atoms with Crippen LogP contribution in [-0.4, -0.2) is 12.5 Å². The number of hydrogen-bond acceptors (Lipinski definition) is 2. The van der Waals surface area contributed by atoms with Crippen molar-refractivity contribution in [3.8, 4) is 0 Å². The minimum Gasteiger partial charge on any atom is -0.325 e. The second kappa shape index (κ2) is 7.74. The Hall–Kier alpha value is -2.27. The van der Waals surface area contributed by atoms with Crippen molar-refractivity contribution in [2.24, 2.45) is 0 Å². The highest BCUT2D eigenvalue weighted by atomic mass is 19.1. The van der Waals surface area contributed by atoms with Gasteiger partial charge in [-0.15, -0.1) is 0 Å². The van der Waals surface area contributed by atoms with Gasteiger partial charge in [-0.1, -0.05) is 39.0 Å². The second-order valence-corrected chi connectivity index (χ2v) is 7.14. The third-order valence-corrected chi connectivity index (χ3v) is 4.03. The maximum atomic E-state index is 13.7. The van der Waals surface area contributed by atoms with Crippen LogP contribution in [0.1, 0.15) is 44.9 Å². The van der Waals surface area contributed by atoms with Gasteiger partial charge in [0.1, 0.15) is 11.6 Å². The molecule has 25 heavy (non-hydrogen) atoms. The minimum atomic E-state index is -0.627. The summed E-state index contributed by atoms with van der Waals surface area (Å²) in [4.78, 5) is 12.0. The van der Waals surface area contributed by atoms with Gasteiger partial charge in [0.15, 0.2) is 0 Å². The molecule has 3 nitrogen and oxygen atoms in total. The van der Waals surface area contributed by atoms with Gasteiger partial charge >= 0.3 is 0 Å². The predicted molar refractivity (Wildman–Crippen MR) is 96.5 cm³/mol. The quantitative estimate of drug-likeness (QED) is 0.834. The lowest BCUT2D eigenvalue weighted by Gasteiger charge is -2.19. The van der Waals surface area contributed by atoms with Crippen LogP contribution >= 0.6 is 0 Å². The molecule has 1 amide bonds. The Labute approximate surface area is 147 Å². The summed E-state index contributed by atoms with van der Waals surface area (Å²) in [6.07, 6.45) is 0. The summed E-state index contributed by atoms with van der Waals surface area (Å²) in [6, 6.07) is 10.7. The summed E-state index contributed by atoms with van der Waals surface area (Å²) < 4.78 is 26.7. The largest absolute Gasteiger partial charge is 0.325 e. The zero-order chi connectivity index (χ0) is 18.6. The van der Waals surface area contributed by atoms with E-state index in [0.29, 0.717) is 11.3 Å². The first-order valence-corrected chi connectivity index (χ1v) is 8.25. The normalized spacial score (nSPS) is 12.7. The SMILES string of the molecule is C[C@@H](NCC(=O)Nc1ccc(C(C)(C)C)cc1)c1ccc(F)cc1F. The summed E-state index contributed by atoms with van der Waals surface area (Å²) in [5.41, 5.74) is 2.27. The van der Waals surface area contributed by atoms with Crippen LogP contribution in [0.4, 0.5) is 14.5 Å². The van der Waals surface area contributed by atoms with E-state index in [1.54, 1.807) is 6.92 Å². The number of carbonyl (C=O) groups excluding carboxylic acids is 1. The molecule has 0 saturated heterocycles. The number of anilines is 1. The maximum absolute atomic E-state index is 13.7. The fourth-order valence-corrected chi connectivity index (χ4v) is 2.47. The third kappa shape index (κ3) is 5.36. The van der Waals surface area contributed by atoms with Gasteiger partial charge in [-0.25, -0.2) is 8.78 Å². The van der Waals surface area contributed by atoms with Crippen molar-refractivity contribution in [1.82, 2.24) is 5.32 Å². The summed E-state index contributed by atoms with van der Waals surface area (Å²) in [6.45, 7) is 8.13. The van der Waals surface area contributed by atoms with Gasteiger partial charge in [0, 0.05) is 23.4 Å². The van der Waals surface area contributed by atoms with Crippen molar-refractivity contribution >= 4 is 11.6 Å². The number of benzene rings is 2. The van der Waals surface area contributed by atoms with E-state index in [4.69, 9.17) is 0 Å². The van der Waals surface area contributed by atoms with E-state index in [9.17, 15) is 13.6 Å². The van der Waals surface area contributed by atoms with Crippen LogP contribution in [0.2, 0.25) is 0 Å². The molecule has 0 aromatic heterocycles. The van der Waals surface area contributed by atoms with E-state index in [0.717, 1.165) is 6.07 Å². The molecule has 2 rings (SSSR count). The Bertz CT molecular complexity index is 736. The van der Waals surface area contributed by atoms with Crippen LogP contribution in [0.25, 0.3) is 0 Å². The van der Waals surface area contributed by atoms with Crippen molar-refractivity contribution in [2.45, 2.75) is 39.2 Å². The summed E-state index contributed by atoms with van der Waals surface area (Å²) in [7, 11) is 0. The van der Waals surface area contributed by atoms with Gasteiger partial charge in [-0.05, 0) is 36.1 Å². The molecule has 1 atom stereocenters. The molecule has 0 fully saturated rings. The predicted octanol–water partition coefficient (Wildman–Crippen LogP) is 4.55. The van der Waals surface area contributed by atoms with Gasteiger partial charge < -0.3 is 10.6 Å². The molecule has 0 spiro atoms. The molecular formula is C20H24F2N2O. The first-order valence-electron chi connectivity index (χ1n) is 8.25. The first-order chi connectivity index (χ1) is 11.7. The first kappa shape index (κ1) is 19.1. The van der Waals surface area contributed by atoms with E-state index >= 15 is 0 Å². The number of halogens is 2. The molecule has 2 aromatic carbocycles. The van der Waals surface area contributed by atoms with Crippen LogP contribution in [-0.2, 0) is 10.2 Å². The maximum Gasteiger partial charge on any atom is 0.238 e. The molecule has 0 saturated carbocycles. The van der Waals surface area contributed by atoms with Crippen molar-refractivity contribution < 1.29 is 13.6 Å². The van der Waals surface area contributed by atoms with Gasteiger partial charge in [0.25, 0.3) is 0 Å². The summed E-state index contributed by atoms with van der Waals surface area (Å²) in [5.74, 6) is -1.47. The fraction of sp³-hybridized carbons (Fsp3) is 0.350. The molecule has 0 unspecified atom stereocenters.